The van der Waals surface area contributed by atoms with E-state index in [1.807, 2.05) is 0 Å². The van der Waals surface area contributed by atoms with Gasteiger partial charge in [0.15, 0.2) is 0 Å². The summed E-state index contributed by atoms with van der Waals surface area (Å²) in [6, 6.07) is 1.21. The van der Waals surface area contributed by atoms with Crippen LogP contribution >= 0.6 is 11.6 Å². The Hall–Kier alpha value is -1.89. The SMILES string of the molecule is COC(=O)C(C)(C)C(C)(C)Nc1ncc([N+](=O)[O-])cc1Cl. The molecule has 7 nitrogen and oxygen atoms in total. The first kappa shape index (κ1) is 17.2. The van der Waals surface area contributed by atoms with Crippen LogP contribution in [0.15, 0.2) is 12.3 Å². The fraction of sp³-hybridized carbons (Fsp3) is 0.538. The molecule has 1 aromatic rings. The van der Waals surface area contributed by atoms with Gasteiger partial charge in [-0.1, -0.05) is 11.6 Å². The number of anilines is 1. The standard InChI is InChI=1S/C13H18ClN3O4/c1-12(2,11(18)21-5)13(3,4)16-10-9(14)6-8(7-15-10)17(19)20/h6-7H,1-5H3,(H,15,16). The predicted octanol–water partition coefficient (Wildman–Crippen LogP) is 3.03. The van der Waals surface area contributed by atoms with Crippen molar-refractivity contribution in [3.05, 3.63) is 27.4 Å². The Kier molecular flexibility index (Phi) is 4.78. The predicted molar refractivity (Wildman–Crippen MR) is 79.4 cm³/mol. The van der Waals surface area contributed by atoms with Crippen LogP contribution in [0.2, 0.25) is 5.02 Å². The second-order valence-corrected chi connectivity index (χ2v) is 6.05. The summed E-state index contributed by atoms with van der Waals surface area (Å²) in [4.78, 5) is 25.9. The number of pyridine rings is 1. The number of halogens is 1. The van der Waals surface area contributed by atoms with Gasteiger partial charge in [-0.15, -0.1) is 0 Å². The minimum absolute atomic E-state index is 0.109. The van der Waals surface area contributed by atoms with Gasteiger partial charge >= 0.3 is 5.97 Å². The Labute approximate surface area is 127 Å². The molecule has 1 heterocycles. The number of nitro groups is 1. The van der Waals surface area contributed by atoms with Crippen LogP contribution in [0.3, 0.4) is 0 Å². The normalized spacial score (nSPS) is 11.9. The summed E-state index contributed by atoms with van der Waals surface area (Å²) in [5.41, 5.74) is -1.81. The molecule has 0 aromatic carbocycles. The number of carbonyl (C=O) groups is 1. The Balaban J connectivity index is 3.10. The highest BCUT2D eigenvalue weighted by Gasteiger charge is 2.44. The molecule has 0 aliphatic rings. The van der Waals surface area contributed by atoms with Crippen molar-refractivity contribution in [2.24, 2.45) is 5.41 Å². The third kappa shape index (κ3) is 3.41. The first-order chi connectivity index (χ1) is 9.52. The second kappa shape index (κ2) is 5.85. The van der Waals surface area contributed by atoms with Crippen molar-refractivity contribution in [1.82, 2.24) is 4.98 Å². The van der Waals surface area contributed by atoms with Gasteiger partial charge in [0.05, 0.1) is 22.5 Å². The first-order valence-electron chi connectivity index (χ1n) is 6.19. The monoisotopic (exact) mass is 315 g/mol. The van der Waals surface area contributed by atoms with Gasteiger partial charge in [0, 0.05) is 11.6 Å². The van der Waals surface area contributed by atoms with Gasteiger partial charge in [0.1, 0.15) is 12.0 Å². The molecule has 0 aliphatic heterocycles. The van der Waals surface area contributed by atoms with Gasteiger partial charge in [0.2, 0.25) is 0 Å². The quantitative estimate of drug-likeness (QED) is 0.510. The van der Waals surface area contributed by atoms with Gasteiger partial charge < -0.3 is 10.1 Å². The molecule has 1 aromatic heterocycles. The first-order valence-corrected chi connectivity index (χ1v) is 6.57. The van der Waals surface area contributed by atoms with Gasteiger partial charge in [0.25, 0.3) is 5.69 Å². The highest BCUT2D eigenvalue weighted by molar-refractivity contribution is 6.33. The Bertz CT molecular complexity index is 573. The summed E-state index contributed by atoms with van der Waals surface area (Å²) < 4.78 is 4.80. The molecule has 0 bridgehead atoms. The molecule has 0 unspecified atom stereocenters. The van der Waals surface area contributed by atoms with Crippen molar-refractivity contribution in [3.63, 3.8) is 0 Å². The fourth-order valence-corrected chi connectivity index (χ4v) is 1.79. The van der Waals surface area contributed by atoms with Crippen molar-refractivity contribution in [1.29, 1.82) is 0 Å². The van der Waals surface area contributed by atoms with Crippen molar-refractivity contribution in [2.45, 2.75) is 33.2 Å². The smallest absolute Gasteiger partial charge is 0.313 e. The van der Waals surface area contributed by atoms with Crippen LogP contribution in [0.5, 0.6) is 0 Å². The van der Waals surface area contributed by atoms with Crippen molar-refractivity contribution in [2.75, 3.05) is 12.4 Å². The Morgan fingerprint density at radius 3 is 2.43 bits per heavy atom. The zero-order valence-electron chi connectivity index (χ0n) is 12.6. The zero-order chi connectivity index (χ0) is 16.4. The summed E-state index contributed by atoms with van der Waals surface area (Å²) in [6.07, 6.45) is 1.11. The minimum atomic E-state index is -0.867. The van der Waals surface area contributed by atoms with Crippen molar-refractivity contribution < 1.29 is 14.5 Å². The molecule has 0 atom stereocenters. The molecule has 0 amide bonds. The Morgan fingerprint density at radius 1 is 1.43 bits per heavy atom. The van der Waals surface area contributed by atoms with E-state index in [0.717, 1.165) is 6.20 Å². The number of methoxy groups -OCH3 is 1. The van der Waals surface area contributed by atoms with Crippen LogP contribution in [0, 0.1) is 15.5 Å². The van der Waals surface area contributed by atoms with Crippen LogP contribution in [0.25, 0.3) is 0 Å². The van der Waals surface area contributed by atoms with Gasteiger partial charge in [-0.2, -0.15) is 0 Å². The Morgan fingerprint density at radius 2 is 2.00 bits per heavy atom. The number of ether oxygens (including phenoxy) is 1. The molecule has 0 saturated heterocycles. The summed E-state index contributed by atoms with van der Waals surface area (Å²) in [5.74, 6) is -0.123. The summed E-state index contributed by atoms with van der Waals surface area (Å²) in [6.45, 7) is 7.04. The average Bonchev–Trinajstić information content (AvgIpc) is 2.39. The van der Waals surface area contributed by atoms with Crippen LogP contribution in [-0.2, 0) is 9.53 Å². The molecule has 0 saturated carbocycles. The van der Waals surface area contributed by atoms with E-state index in [1.54, 1.807) is 27.7 Å². The number of hydrogen-bond donors (Lipinski definition) is 1. The molecule has 116 valence electrons. The second-order valence-electron chi connectivity index (χ2n) is 5.65. The van der Waals surface area contributed by atoms with E-state index < -0.39 is 21.8 Å². The van der Waals surface area contributed by atoms with E-state index in [4.69, 9.17) is 16.3 Å². The van der Waals surface area contributed by atoms with E-state index in [-0.39, 0.29) is 16.5 Å². The third-order valence-corrected chi connectivity index (χ3v) is 4.01. The van der Waals surface area contributed by atoms with Gasteiger partial charge in [-0.25, -0.2) is 4.98 Å². The molecule has 0 aliphatic carbocycles. The average molecular weight is 316 g/mol. The number of carbonyl (C=O) groups excluding carboxylic acids is 1. The number of aromatic nitrogens is 1. The maximum Gasteiger partial charge on any atom is 0.313 e. The highest BCUT2D eigenvalue weighted by atomic mass is 35.5. The zero-order valence-corrected chi connectivity index (χ0v) is 13.3. The van der Waals surface area contributed by atoms with E-state index >= 15 is 0 Å². The van der Waals surface area contributed by atoms with Crippen LogP contribution < -0.4 is 5.32 Å². The van der Waals surface area contributed by atoms with Crippen molar-refractivity contribution >= 4 is 29.1 Å². The lowest BCUT2D eigenvalue weighted by Crippen LogP contribution is -2.51. The van der Waals surface area contributed by atoms with Gasteiger partial charge in [-0.3, -0.25) is 14.9 Å². The highest BCUT2D eigenvalue weighted by Crippen LogP contribution is 2.36. The van der Waals surface area contributed by atoms with Crippen LogP contribution in [-0.4, -0.2) is 28.5 Å². The molecular weight excluding hydrogens is 298 g/mol. The lowest BCUT2D eigenvalue weighted by molar-refractivity contribution is -0.385. The maximum atomic E-state index is 11.9. The largest absolute Gasteiger partial charge is 0.469 e. The molecule has 0 radical (unpaired) electrons. The number of esters is 1. The lowest BCUT2D eigenvalue weighted by atomic mass is 9.74. The van der Waals surface area contributed by atoms with Crippen molar-refractivity contribution in [3.8, 4) is 0 Å². The van der Waals surface area contributed by atoms with E-state index in [1.165, 1.54) is 13.2 Å². The summed E-state index contributed by atoms with van der Waals surface area (Å²) in [7, 11) is 1.32. The molecule has 1 N–H and O–H groups in total. The van der Waals surface area contributed by atoms with E-state index in [9.17, 15) is 14.9 Å². The van der Waals surface area contributed by atoms with Crippen LogP contribution in [0.1, 0.15) is 27.7 Å². The van der Waals surface area contributed by atoms with E-state index in [2.05, 4.69) is 10.3 Å². The molecule has 8 heteroatoms. The molecule has 0 spiro atoms. The number of rotatable bonds is 5. The number of nitrogens with one attached hydrogen (secondary N) is 1. The lowest BCUT2D eigenvalue weighted by Gasteiger charge is -2.40. The third-order valence-electron chi connectivity index (χ3n) is 3.73. The molecule has 1 rings (SSSR count). The summed E-state index contributed by atoms with van der Waals surface area (Å²) >= 11 is 6.00. The van der Waals surface area contributed by atoms with Crippen LogP contribution in [0.4, 0.5) is 11.5 Å². The molecular formula is C13H18ClN3O4. The van der Waals surface area contributed by atoms with E-state index in [0.29, 0.717) is 0 Å². The maximum absolute atomic E-state index is 11.9. The van der Waals surface area contributed by atoms with Gasteiger partial charge in [-0.05, 0) is 27.7 Å². The number of nitrogens with zero attached hydrogens (tertiary/aromatic N) is 2. The topological polar surface area (TPSA) is 94.4 Å². The fourth-order valence-electron chi connectivity index (χ4n) is 1.58. The molecule has 21 heavy (non-hydrogen) atoms. The molecule has 0 fully saturated rings. The minimum Gasteiger partial charge on any atom is -0.469 e. The number of hydrogen-bond acceptors (Lipinski definition) is 6. The summed E-state index contributed by atoms with van der Waals surface area (Å²) in [5, 5.41) is 13.8.